The molecule has 1 heterocycles. The van der Waals surface area contributed by atoms with Gasteiger partial charge in [0.2, 0.25) is 0 Å². The summed E-state index contributed by atoms with van der Waals surface area (Å²) in [5.41, 5.74) is 2.37. The molecule has 0 aliphatic heterocycles. The summed E-state index contributed by atoms with van der Waals surface area (Å²) in [6, 6.07) is 7.02. The van der Waals surface area contributed by atoms with Crippen molar-refractivity contribution in [1.29, 1.82) is 0 Å². The first-order chi connectivity index (χ1) is 9.27. The van der Waals surface area contributed by atoms with Crippen LogP contribution in [0.3, 0.4) is 0 Å². The lowest BCUT2D eigenvalue weighted by atomic mass is 9.92. The van der Waals surface area contributed by atoms with Crippen LogP contribution in [0.5, 0.6) is 0 Å². The van der Waals surface area contributed by atoms with Crippen LogP contribution in [0.15, 0.2) is 24.3 Å². The van der Waals surface area contributed by atoms with E-state index >= 15 is 0 Å². The topological polar surface area (TPSA) is 57.8 Å². The van der Waals surface area contributed by atoms with Crippen molar-refractivity contribution in [2.45, 2.75) is 33.1 Å². The number of hydrogen-bond donors (Lipinski definition) is 2. The van der Waals surface area contributed by atoms with Crippen LogP contribution in [-0.2, 0) is 5.41 Å². The van der Waals surface area contributed by atoms with Crippen LogP contribution in [0.25, 0.3) is 0 Å². The van der Waals surface area contributed by atoms with Crippen LogP contribution in [0.2, 0.25) is 5.02 Å². The summed E-state index contributed by atoms with van der Waals surface area (Å²) < 4.78 is 0. The minimum absolute atomic E-state index is 0.0349. The summed E-state index contributed by atoms with van der Waals surface area (Å²) in [6.07, 6.45) is 0. The zero-order valence-electron chi connectivity index (χ0n) is 12.0. The molecule has 0 radical (unpaired) electrons. The van der Waals surface area contributed by atoms with Gasteiger partial charge in [-0.25, -0.2) is 0 Å². The van der Waals surface area contributed by atoms with Crippen molar-refractivity contribution >= 4 is 23.3 Å². The highest BCUT2D eigenvalue weighted by atomic mass is 35.5. The third-order valence-corrected chi connectivity index (χ3v) is 3.47. The number of H-pyrrole nitrogens is 1. The Bertz CT molecular complexity index is 641. The van der Waals surface area contributed by atoms with Crippen molar-refractivity contribution in [1.82, 2.24) is 10.2 Å². The van der Waals surface area contributed by atoms with E-state index in [-0.39, 0.29) is 11.3 Å². The highest BCUT2D eigenvalue weighted by Gasteiger charge is 2.17. The molecule has 1 aromatic heterocycles. The van der Waals surface area contributed by atoms with Crippen LogP contribution in [0.4, 0.5) is 5.82 Å². The highest BCUT2D eigenvalue weighted by molar-refractivity contribution is 6.31. The summed E-state index contributed by atoms with van der Waals surface area (Å²) >= 11 is 5.95. The molecule has 0 aliphatic rings. The first-order valence-corrected chi connectivity index (χ1v) is 6.78. The predicted octanol–water partition coefficient (Wildman–Crippen LogP) is 3.92. The molecular weight excluding hydrogens is 274 g/mol. The molecule has 4 nitrogen and oxygen atoms in total. The van der Waals surface area contributed by atoms with Gasteiger partial charge in [-0.05, 0) is 30.7 Å². The lowest BCUT2D eigenvalue weighted by Gasteiger charge is -2.14. The molecule has 0 atom stereocenters. The molecule has 20 heavy (non-hydrogen) atoms. The number of amides is 1. The van der Waals surface area contributed by atoms with E-state index in [1.165, 1.54) is 0 Å². The van der Waals surface area contributed by atoms with Gasteiger partial charge < -0.3 is 5.32 Å². The molecule has 2 N–H and O–H groups in total. The molecular formula is C15H18ClN3O. The van der Waals surface area contributed by atoms with Gasteiger partial charge in [-0.2, -0.15) is 5.10 Å². The number of carbonyl (C=O) groups is 1. The summed E-state index contributed by atoms with van der Waals surface area (Å²) in [5, 5.41) is 10.5. The lowest BCUT2D eigenvalue weighted by molar-refractivity contribution is 0.102. The number of halogens is 1. The van der Waals surface area contributed by atoms with Crippen molar-refractivity contribution in [2.75, 3.05) is 5.32 Å². The van der Waals surface area contributed by atoms with Gasteiger partial charge in [0, 0.05) is 27.8 Å². The maximum Gasteiger partial charge on any atom is 0.256 e. The smallest absolute Gasteiger partial charge is 0.256 e. The van der Waals surface area contributed by atoms with Gasteiger partial charge in [0.15, 0.2) is 5.82 Å². The van der Waals surface area contributed by atoms with Gasteiger partial charge >= 0.3 is 0 Å². The monoisotopic (exact) mass is 291 g/mol. The Hall–Kier alpha value is -1.81. The van der Waals surface area contributed by atoms with E-state index in [2.05, 4.69) is 36.3 Å². The Labute approximate surface area is 123 Å². The molecule has 1 aromatic carbocycles. The number of nitrogens with one attached hydrogen (secondary N) is 2. The summed E-state index contributed by atoms with van der Waals surface area (Å²) in [4.78, 5) is 12.1. The molecule has 5 heteroatoms. The van der Waals surface area contributed by atoms with Crippen molar-refractivity contribution in [3.05, 3.63) is 46.1 Å². The largest absolute Gasteiger partial charge is 0.305 e. The Balaban J connectivity index is 2.15. The minimum atomic E-state index is -0.197. The first-order valence-electron chi connectivity index (χ1n) is 6.41. The predicted molar refractivity (Wildman–Crippen MR) is 81.4 cm³/mol. The standard InChI is InChI=1S/C15H18ClN3O/c1-9-7-10(5-6-11(9)16)14(20)17-13-8-12(18-19-13)15(2,3)4/h5-8H,1-4H3,(H2,17,18,19,20). The lowest BCUT2D eigenvalue weighted by Crippen LogP contribution is -2.12. The number of aromatic amines is 1. The number of rotatable bonds is 2. The highest BCUT2D eigenvalue weighted by Crippen LogP contribution is 2.22. The molecule has 2 aromatic rings. The van der Waals surface area contributed by atoms with Gasteiger partial charge in [0.25, 0.3) is 5.91 Å². The summed E-state index contributed by atoms with van der Waals surface area (Å²) in [7, 11) is 0. The van der Waals surface area contributed by atoms with E-state index < -0.39 is 0 Å². The Kier molecular flexibility index (Phi) is 3.86. The van der Waals surface area contributed by atoms with Gasteiger partial charge in [0.1, 0.15) is 0 Å². The SMILES string of the molecule is Cc1cc(C(=O)Nc2cc(C(C)(C)C)[nH]n2)ccc1Cl. The molecule has 0 saturated heterocycles. The fourth-order valence-electron chi connectivity index (χ4n) is 1.74. The fourth-order valence-corrected chi connectivity index (χ4v) is 1.86. The van der Waals surface area contributed by atoms with Gasteiger partial charge in [-0.1, -0.05) is 32.4 Å². The Morgan fingerprint density at radius 1 is 1.30 bits per heavy atom. The molecule has 0 saturated carbocycles. The zero-order valence-corrected chi connectivity index (χ0v) is 12.8. The quantitative estimate of drug-likeness (QED) is 0.881. The van der Waals surface area contributed by atoms with Crippen molar-refractivity contribution in [2.24, 2.45) is 0 Å². The normalized spacial score (nSPS) is 11.4. The maximum absolute atomic E-state index is 12.1. The van der Waals surface area contributed by atoms with Crippen molar-refractivity contribution < 1.29 is 4.79 Å². The van der Waals surface area contributed by atoms with Crippen molar-refractivity contribution in [3.63, 3.8) is 0 Å². The van der Waals surface area contributed by atoms with Gasteiger partial charge in [0.05, 0.1) is 0 Å². The number of benzene rings is 1. The van der Waals surface area contributed by atoms with E-state index in [1.54, 1.807) is 18.2 Å². The average Bonchev–Trinajstić information content (AvgIpc) is 2.81. The third-order valence-electron chi connectivity index (χ3n) is 3.05. The number of hydrogen-bond acceptors (Lipinski definition) is 2. The molecule has 0 unspecified atom stereocenters. The van der Waals surface area contributed by atoms with E-state index in [0.29, 0.717) is 16.4 Å². The van der Waals surface area contributed by atoms with E-state index in [4.69, 9.17) is 11.6 Å². The molecule has 0 bridgehead atoms. The van der Waals surface area contributed by atoms with Gasteiger partial charge in [-0.3, -0.25) is 9.89 Å². The summed E-state index contributed by atoms with van der Waals surface area (Å²) in [5.74, 6) is 0.323. The maximum atomic E-state index is 12.1. The second kappa shape index (κ2) is 5.29. The van der Waals surface area contributed by atoms with Crippen LogP contribution in [0.1, 0.15) is 42.4 Å². The number of aromatic nitrogens is 2. The number of anilines is 1. The van der Waals surface area contributed by atoms with Crippen LogP contribution < -0.4 is 5.32 Å². The molecule has 1 amide bonds. The van der Waals surface area contributed by atoms with E-state index in [9.17, 15) is 4.79 Å². The van der Waals surface area contributed by atoms with Crippen LogP contribution in [-0.4, -0.2) is 16.1 Å². The number of carbonyl (C=O) groups excluding carboxylic acids is 1. The third kappa shape index (κ3) is 3.20. The zero-order chi connectivity index (χ0) is 14.9. The molecule has 0 spiro atoms. The molecule has 0 aliphatic carbocycles. The van der Waals surface area contributed by atoms with Gasteiger partial charge in [-0.15, -0.1) is 0 Å². The fraction of sp³-hybridized carbons (Fsp3) is 0.333. The Morgan fingerprint density at radius 3 is 2.55 bits per heavy atom. The van der Waals surface area contributed by atoms with Crippen LogP contribution >= 0.6 is 11.6 Å². The van der Waals surface area contributed by atoms with E-state index in [0.717, 1.165) is 11.3 Å². The average molecular weight is 292 g/mol. The van der Waals surface area contributed by atoms with Crippen molar-refractivity contribution in [3.8, 4) is 0 Å². The second-order valence-electron chi connectivity index (χ2n) is 5.83. The Morgan fingerprint density at radius 2 is 2.00 bits per heavy atom. The van der Waals surface area contributed by atoms with Crippen LogP contribution in [0, 0.1) is 6.92 Å². The molecule has 106 valence electrons. The summed E-state index contributed by atoms with van der Waals surface area (Å²) in [6.45, 7) is 8.10. The number of aryl methyl sites for hydroxylation is 1. The first kappa shape index (κ1) is 14.6. The second-order valence-corrected chi connectivity index (χ2v) is 6.24. The molecule has 2 rings (SSSR count). The van der Waals surface area contributed by atoms with E-state index in [1.807, 2.05) is 13.0 Å². The number of nitrogens with zero attached hydrogens (tertiary/aromatic N) is 1. The minimum Gasteiger partial charge on any atom is -0.305 e. The molecule has 0 fully saturated rings.